The van der Waals surface area contributed by atoms with E-state index in [9.17, 15) is 23.1 Å². The molecule has 1 aliphatic heterocycles. The summed E-state index contributed by atoms with van der Waals surface area (Å²) in [5.74, 6) is -0.224. The van der Waals surface area contributed by atoms with Crippen molar-refractivity contribution in [1.82, 2.24) is 20.3 Å². The number of aromatic amines is 1. The number of rotatable bonds is 3. The quantitative estimate of drug-likeness (QED) is 0.849. The van der Waals surface area contributed by atoms with Crippen molar-refractivity contribution in [1.29, 1.82) is 0 Å². The van der Waals surface area contributed by atoms with Crippen LogP contribution in [0.5, 0.6) is 0 Å². The lowest BCUT2D eigenvalue weighted by atomic mass is 9.87. The van der Waals surface area contributed by atoms with Crippen molar-refractivity contribution < 1.29 is 27.6 Å². The minimum atomic E-state index is -4.89. The maximum Gasteiger partial charge on any atom is 0.422 e. The van der Waals surface area contributed by atoms with E-state index in [2.05, 4.69) is 15.4 Å². The number of H-pyrrole nitrogens is 1. The number of amides is 1. The highest BCUT2D eigenvalue weighted by atomic mass is 19.4. The van der Waals surface area contributed by atoms with Crippen LogP contribution in [-0.4, -0.2) is 44.0 Å². The van der Waals surface area contributed by atoms with Gasteiger partial charge in [-0.15, -0.1) is 0 Å². The Kier molecular flexibility index (Phi) is 3.88. The molecule has 2 aromatic rings. The number of fused-ring (bicyclic) bond motifs is 1. The summed E-state index contributed by atoms with van der Waals surface area (Å²) >= 11 is 0. The first-order valence-corrected chi connectivity index (χ1v) is 8.72. The summed E-state index contributed by atoms with van der Waals surface area (Å²) in [6.07, 6.45) is -2.75. The van der Waals surface area contributed by atoms with Gasteiger partial charge in [-0.25, -0.2) is 0 Å². The van der Waals surface area contributed by atoms with E-state index < -0.39 is 23.4 Å². The van der Waals surface area contributed by atoms with Crippen LogP contribution in [0.25, 0.3) is 0 Å². The van der Waals surface area contributed by atoms with E-state index in [1.54, 1.807) is 13.0 Å². The number of nitrogens with one attached hydrogen (secondary N) is 1. The standard InChI is InChI=1S/C17H19F3N4O3/c1-8-6-24(15(25)11-5-10(21-22-11)9-3-4-9)7-12-13(8)14(23-27-12)16(2,26)17(18,19)20/h5,8-9,26H,3-4,6-7H2,1-2H3,(H,21,22)/t8-,16+/m0/s1. The molecule has 146 valence electrons. The number of carbonyl (C=O) groups is 1. The van der Waals surface area contributed by atoms with Crippen LogP contribution >= 0.6 is 0 Å². The Balaban J connectivity index is 1.59. The zero-order valence-electron chi connectivity index (χ0n) is 14.8. The minimum Gasteiger partial charge on any atom is -0.375 e. The molecule has 0 aromatic carbocycles. The molecule has 2 N–H and O–H groups in total. The number of aliphatic hydroxyl groups is 1. The topological polar surface area (TPSA) is 95.3 Å². The second-order valence-electron chi connectivity index (χ2n) is 7.51. The normalized spacial score (nSPS) is 22.4. The summed E-state index contributed by atoms with van der Waals surface area (Å²) in [5, 5.41) is 20.4. The summed E-state index contributed by atoms with van der Waals surface area (Å²) in [5.41, 5.74) is -2.25. The molecule has 0 bridgehead atoms. The Morgan fingerprint density at radius 3 is 2.74 bits per heavy atom. The van der Waals surface area contributed by atoms with E-state index in [1.165, 1.54) is 4.90 Å². The number of aromatic nitrogens is 3. The number of nitrogens with zero attached hydrogens (tertiary/aromatic N) is 3. The highest BCUT2D eigenvalue weighted by Crippen LogP contribution is 2.44. The van der Waals surface area contributed by atoms with E-state index in [0.29, 0.717) is 12.8 Å². The zero-order valence-corrected chi connectivity index (χ0v) is 14.8. The Bertz CT molecular complexity index is 882. The van der Waals surface area contributed by atoms with Crippen LogP contribution in [0.2, 0.25) is 0 Å². The van der Waals surface area contributed by atoms with Crippen molar-refractivity contribution in [3.8, 4) is 0 Å². The molecule has 1 aliphatic carbocycles. The van der Waals surface area contributed by atoms with E-state index in [0.717, 1.165) is 18.5 Å². The molecule has 1 fully saturated rings. The molecule has 2 aliphatic rings. The third-order valence-corrected chi connectivity index (χ3v) is 5.26. The Labute approximate surface area is 152 Å². The van der Waals surface area contributed by atoms with Crippen LogP contribution in [0, 0.1) is 0 Å². The summed E-state index contributed by atoms with van der Waals surface area (Å²) in [6, 6.07) is 1.72. The zero-order chi connectivity index (χ0) is 19.6. The summed E-state index contributed by atoms with van der Waals surface area (Å²) < 4.78 is 44.6. The van der Waals surface area contributed by atoms with Gasteiger partial charge in [-0.3, -0.25) is 9.89 Å². The largest absolute Gasteiger partial charge is 0.422 e. The number of carbonyl (C=O) groups excluding carboxylic acids is 1. The fourth-order valence-corrected chi connectivity index (χ4v) is 3.46. The van der Waals surface area contributed by atoms with Gasteiger partial charge in [0, 0.05) is 29.6 Å². The predicted molar refractivity (Wildman–Crippen MR) is 85.8 cm³/mol. The van der Waals surface area contributed by atoms with Crippen molar-refractivity contribution in [2.75, 3.05) is 6.54 Å². The predicted octanol–water partition coefficient (Wildman–Crippen LogP) is 2.80. The van der Waals surface area contributed by atoms with Crippen LogP contribution in [0.4, 0.5) is 13.2 Å². The lowest BCUT2D eigenvalue weighted by Crippen LogP contribution is -2.42. The molecule has 0 radical (unpaired) electrons. The molecule has 0 saturated heterocycles. The number of hydrogen-bond acceptors (Lipinski definition) is 5. The van der Waals surface area contributed by atoms with E-state index in [4.69, 9.17) is 4.52 Å². The summed E-state index contributed by atoms with van der Waals surface area (Å²) in [7, 11) is 0. The molecule has 0 unspecified atom stereocenters. The van der Waals surface area contributed by atoms with Crippen molar-refractivity contribution in [3.63, 3.8) is 0 Å². The Morgan fingerprint density at radius 1 is 1.41 bits per heavy atom. The van der Waals surface area contributed by atoms with Gasteiger partial charge >= 0.3 is 6.18 Å². The van der Waals surface area contributed by atoms with Gasteiger partial charge in [0.25, 0.3) is 5.91 Å². The minimum absolute atomic E-state index is 0.0228. The molecule has 1 amide bonds. The highest BCUT2D eigenvalue weighted by Gasteiger charge is 2.55. The maximum absolute atomic E-state index is 13.2. The summed E-state index contributed by atoms with van der Waals surface area (Å²) in [4.78, 5) is 14.2. The third-order valence-electron chi connectivity index (χ3n) is 5.26. The molecule has 27 heavy (non-hydrogen) atoms. The smallest absolute Gasteiger partial charge is 0.375 e. The van der Waals surface area contributed by atoms with Gasteiger partial charge in [0.2, 0.25) is 5.60 Å². The molecule has 2 aromatic heterocycles. The van der Waals surface area contributed by atoms with Crippen LogP contribution in [0.3, 0.4) is 0 Å². The van der Waals surface area contributed by atoms with Gasteiger partial charge in [-0.2, -0.15) is 18.3 Å². The molecule has 1 saturated carbocycles. The van der Waals surface area contributed by atoms with E-state index in [-0.39, 0.29) is 36.0 Å². The van der Waals surface area contributed by atoms with Gasteiger partial charge in [-0.1, -0.05) is 12.1 Å². The first-order chi connectivity index (χ1) is 12.6. The van der Waals surface area contributed by atoms with Crippen molar-refractivity contribution in [3.05, 3.63) is 34.5 Å². The first-order valence-electron chi connectivity index (χ1n) is 8.72. The van der Waals surface area contributed by atoms with Gasteiger partial charge < -0.3 is 14.5 Å². The van der Waals surface area contributed by atoms with Crippen molar-refractivity contribution >= 4 is 5.91 Å². The molecule has 10 heteroatoms. The number of alkyl halides is 3. The maximum atomic E-state index is 13.2. The molecular formula is C17H19F3N4O3. The van der Waals surface area contributed by atoms with Crippen LogP contribution in [-0.2, 0) is 12.1 Å². The lowest BCUT2D eigenvalue weighted by Gasteiger charge is -2.32. The Hall–Kier alpha value is -2.36. The van der Waals surface area contributed by atoms with E-state index >= 15 is 0 Å². The van der Waals surface area contributed by atoms with Crippen molar-refractivity contribution in [2.24, 2.45) is 0 Å². The Morgan fingerprint density at radius 2 is 2.11 bits per heavy atom. The van der Waals surface area contributed by atoms with Gasteiger partial charge in [-0.05, 0) is 25.8 Å². The molecule has 7 nitrogen and oxygen atoms in total. The van der Waals surface area contributed by atoms with Gasteiger partial charge in [0.1, 0.15) is 11.4 Å². The monoisotopic (exact) mass is 384 g/mol. The molecular weight excluding hydrogens is 365 g/mol. The van der Waals surface area contributed by atoms with Crippen LogP contribution < -0.4 is 0 Å². The van der Waals surface area contributed by atoms with E-state index in [1.807, 2.05) is 0 Å². The first kappa shape index (κ1) is 18.0. The molecule has 3 heterocycles. The SMILES string of the molecule is C[C@H]1CN(C(=O)c2cc(C3CC3)[nH]n2)Cc2onc([C@@](C)(O)C(F)(F)F)c21. The van der Waals surface area contributed by atoms with Gasteiger partial charge in [0.05, 0.1) is 6.54 Å². The molecule has 0 spiro atoms. The number of hydrogen-bond donors (Lipinski definition) is 2. The fraction of sp³-hybridized carbons (Fsp3) is 0.588. The number of halogens is 3. The molecule has 4 rings (SSSR count). The second-order valence-corrected chi connectivity index (χ2v) is 7.51. The third kappa shape index (κ3) is 2.91. The molecule has 2 atom stereocenters. The van der Waals surface area contributed by atoms with Gasteiger partial charge in [0.15, 0.2) is 5.76 Å². The van der Waals surface area contributed by atoms with Crippen LogP contribution in [0.1, 0.15) is 71.7 Å². The second kappa shape index (κ2) is 5.82. The fourth-order valence-electron chi connectivity index (χ4n) is 3.46. The lowest BCUT2D eigenvalue weighted by molar-refractivity contribution is -0.261. The van der Waals surface area contributed by atoms with Crippen LogP contribution in [0.15, 0.2) is 10.6 Å². The highest BCUT2D eigenvalue weighted by molar-refractivity contribution is 5.92. The average molecular weight is 384 g/mol. The average Bonchev–Trinajstić information content (AvgIpc) is 3.15. The summed E-state index contributed by atoms with van der Waals surface area (Å²) in [6.45, 7) is 2.48. The van der Waals surface area contributed by atoms with Crippen molar-refractivity contribution in [2.45, 2.75) is 56.8 Å².